The lowest BCUT2D eigenvalue weighted by molar-refractivity contribution is -0.121. The summed E-state index contributed by atoms with van der Waals surface area (Å²) in [5, 5.41) is 5.61. The number of unbranched alkanes of at least 4 members (excludes halogenated alkanes) is 4. The first kappa shape index (κ1) is 21.8. The average molecular weight is 330 g/mol. The minimum atomic E-state index is 0.0522. The fraction of sp³-hybridized carbons (Fsp3) is 0.875. The lowest BCUT2D eigenvalue weighted by Crippen LogP contribution is -2.30. The molecule has 136 valence electrons. The first-order chi connectivity index (χ1) is 11.2. The van der Waals surface area contributed by atoms with Crippen LogP contribution in [0.15, 0.2) is 0 Å². The van der Waals surface area contributed by atoms with Gasteiger partial charge in [0.05, 0.1) is 13.2 Å². The summed E-state index contributed by atoms with van der Waals surface area (Å²) in [5.41, 5.74) is 10.8. The van der Waals surface area contributed by atoms with E-state index < -0.39 is 0 Å². The third-order valence-corrected chi connectivity index (χ3v) is 3.35. The van der Waals surface area contributed by atoms with Gasteiger partial charge in [-0.05, 0) is 38.8 Å². The van der Waals surface area contributed by atoms with E-state index in [1.54, 1.807) is 0 Å². The van der Waals surface area contributed by atoms with Gasteiger partial charge in [0.25, 0.3) is 0 Å². The van der Waals surface area contributed by atoms with Gasteiger partial charge >= 0.3 is 0 Å². The van der Waals surface area contributed by atoms with Crippen LogP contribution in [-0.4, -0.2) is 51.2 Å². The maximum absolute atomic E-state index is 11.5. The molecule has 0 aliphatic heterocycles. The summed E-state index contributed by atoms with van der Waals surface area (Å²) in [5.74, 6) is 0.104. The molecule has 0 aromatic carbocycles. The largest absolute Gasteiger partial charge is 0.378 e. The smallest absolute Gasteiger partial charge is 0.220 e. The van der Waals surface area contributed by atoms with Crippen molar-refractivity contribution in [1.82, 2.24) is 10.6 Å². The highest BCUT2D eigenvalue weighted by molar-refractivity contribution is 5.76. The van der Waals surface area contributed by atoms with Crippen molar-refractivity contribution < 1.29 is 14.3 Å². The summed E-state index contributed by atoms with van der Waals surface area (Å²) in [6.07, 6.45) is 6.76. The highest BCUT2D eigenvalue weighted by Gasteiger charge is 2.01. The van der Waals surface area contributed by atoms with Gasteiger partial charge in [-0.1, -0.05) is 12.8 Å². The van der Waals surface area contributed by atoms with Crippen LogP contribution < -0.4 is 22.1 Å². The van der Waals surface area contributed by atoms with Gasteiger partial charge in [-0.3, -0.25) is 9.59 Å². The first-order valence-electron chi connectivity index (χ1n) is 8.72. The van der Waals surface area contributed by atoms with Crippen LogP contribution in [0.4, 0.5) is 0 Å². The third kappa shape index (κ3) is 17.0. The van der Waals surface area contributed by atoms with Crippen LogP contribution >= 0.6 is 0 Å². The van der Waals surface area contributed by atoms with E-state index in [0.29, 0.717) is 52.2 Å². The van der Waals surface area contributed by atoms with Crippen LogP contribution in [0.3, 0.4) is 0 Å². The van der Waals surface area contributed by atoms with Crippen molar-refractivity contribution in [2.24, 2.45) is 11.5 Å². The number of carbonyl (C=O) groups excluding carboxylic acids is 2. The van der Waals surface area contributed by atoms with Crippen molar-refractivity contribution in [2.45, 2.75) is 51.4 Å². The minimum Gasteiger partial charge on any atom is -0.378 e. The number of hydrogen-bond donors (Lipinski definition) is 4. The Morgan fingerprint density at radius 1 is 0.696 bits per heavy atom. The molecule has 0 saturated carbocycles. The van der Waals surface area contributed by atoms with Crippen LogP contribution in [0.25, 0.3) is 0 Å². The SMILES string of the molecule is NCCCCCC(=O)NCCOCCNC(=O)CCCCCN. The van der Waals surface area contributed by atoms with Gasteiger partial charge < -0.3 is 26.8 Å². The zero-order valence-corrected chi connectivity index (χ0v) is 14.3. The van der Waals surface area contributed by atoms with E-state index in [9.17, 15) is 9.59 Å². The summed E-state index contributed by atoms with van der Waals surface area (Å²) >= 11 is 0. The lowest BCUT2D eigenvalue weighted by Gasteiger charge is -2.08. The number of nitrogens with one attached hydrogen (secondary N) is 2. The van der Waals surface area contributed by atoms with Gasteiger partial charge in [0.1, 0.15) is 0 Å². The Morgan fingerprint density at radius 2 is 1.13 bits per heavy atom. The molecule has 0 aliphatic carbocycles. The third-order valence-electron chi connectivity index (χ3n) is 3.35. The Hall–Kier alpha value is -1.18. The average Bonchev–Trinajstić information content (AvgIpc) is 2.54. The molecular weight excluding hydrogens is 296 g/mol. The number of ether oxygens (including phenoxy) is 1. The number of carbonyl (C=O) groups is 2. The molecular formula is C16H34N4O3. The molecule has 0 fully saturated rings. The van der Waals surface area contributed by atoms with Gasteiger partial charge in [0, 0.05) is 25.9 Å². The summed E-state index contributed by atoms with van der Waals surface area (Å²) in [6, 6.07) is 0. The second-order valence-electron chi connectivity index (χ2n) is 5.51. The van der Waals surface area contributed by atoms with E-state index in [4.69, 9.17) is 16.2 Å². The summed E-state index contributed by atoms with van der Waals surface area (Å²) in [7, 11) is 0. The molecule has 0 aliphatic rings. The van der Waals surface area contributed by atoms with Crippen LogP contribution in [0.1, 0.15) is 51.4 Å². The van der Waals surface area contributed by atoms with E-state index in [0.717, 1.165) is 38.5 Å². The van der Waals surface area contributed by atoms with E-state index in [-0.39, 0.29) is 11.8 Å². The Morgan fingerprint density at radius 3 is 1.52 bits per heavy atom. The maximum atomic E-state index is 11.5. The number of nitrogens with two attached hydrogens (primary N) is 2. The van der Waals surface area contributed by atoms with Crippen molar-refractivity contribution in [1.29, 1.82) is 0 Å². The summed E-state index contributed by atoms with van der Waals surface area (Å²) in [4.78, 5) is 22.9. The molecule has 23 heavy (non-hydrogen) atoms. The lowest BCUT2D eigenvalue weighted by atomic mass is 10.2. The Labute approximate surface area is 139 Å². The predicted molar refractivity (Wildman–Crippen MR) is 91.9 cm³/mol. The van der Waals surface area contributed by atoms with Crippen LogP contribution in [-0.2, 0) is 14.3 Å². The van der Waals surface area contributed by atoms with E-state index in [1.807, 2.05) is 0 Å². The molecule has 0 aromatic heterocycles. The highest BCUT2D eigenvalue weighted by Crippen LogP contribution is 1.98. The van der Waals surface area contributed by atoms with Gasteiger partial charge in [0.2, 0.25) is 11.8 Å². The van der Waals surface area contributed by atoms with Crippen molar-refractivity contribution in [3.05, 3.63) is 0 Å². The first-order valence-corrected chi connectivity index (χ1v) is 8.72. The molecule has 0 aromatic rings. The quantitative estimate of drug-likeness (QED) is 0.303. The fourth-order valence-corrected chi connectivity index (χ4v) is 2.02. The summed E-state index contributed by atoms with van der Waals surface area (Å²) in [6.45, 7) is 3.28. The monoisotopic (exact) mass is 330 g/mol. The van der Waals surface area contributed by atoms with Crippen molar-refractivity contribution in [3.63, 3.8) is 0 Å². The van der Waals surface area contributed by atoms with Crippen LogP contribution in [0.2, 0.25) is 0 Å². The topological polar surface area (TPSA) is 119 Å². The van der Waals surface area contributed by atoms with Gasteiger partial charge in [-0.25, -0.2) is 0 Å². The Kier molecular flexibility index (Phi) is 16.3. The molecule has 0 rings (SSSR count). The maximum Gasteiger partial charge on any atom is 0.220 e. The minimum absolute atomic E-state index is 0.0522. The molecule has 0 bridgehead atoms. The number of rotatable bonds is 16. The standard InChI is InChI=1S/C16H34N4O3/c17-9-5-1-3-7-15(21)19-11-13-23-14-12-20-16(22)8-4-2-6-10-18/h1-14,17-18H2,(H,19,21)(H,20,22). The Bertz CT molecular complexity index is 273. The predicted octanol–water partition coefficient (Wildman–Crippen LogP) is 0.274. The summed E-state index contributed by atoms with van der Waals surface area (Å²) < 4.78 is 5.36. The van der Waals surface area contributed by atoms with Gasteiger partial charge in [0.15, 0.2) is 0 Å². The van der Waals surface area contributed by atoms with Gasteiger partial charge in [-0.15, -0.1) is 0 Å². The zero-order chi connectivity index (χ0) is 17.2. The normalized spacial score (nSPS) is 10.5. The van der Waals surface area contributed by atoms with Crippen LogP contribution in [0.5, 0.6) is 0 Å². The van der Waals surface area contributed by atoms with E-state index in [1.165, 1.54) is 0 Å². The van der Waals surface area contributed by atoms with Gasteiger partial charge in [-0.2, -0.15) is 0 Å². The van der Waals surface area contributed by atoms with Crippen molar-refractivity contribution in [3.8, 4) is 0 Å². The molecule has 7 nitrogen and oxygen atoms in total. The molecule has 2 amide bonds. The molecule has 0 radical (unpaired) electrons. The molecule has 6 N–H and O–H groups in total. The van der Waals surface area contributed by atoms with Crippen LogP contribution in [0, 0.1) is 0 Å². The fourth-order valence-electron chi connectivity index (χ4n) is 2.02. The van der Waals surface area contributed by atoms with Crippen molar-refractivity contribution >= 4 is 11.8 Å². The molecule has 7 heteroatoms. The molecule has 0 atom stereocenters. The molecule has 0 unspecified atom stereocenters. The number of amides is 2. The number of hydrogen-bond acceptors (Lipinski definition) is 5. The molecule has 0 heterocycles. The molecule has 0 spiro atoms. The highest BCUT2D eigenvalue weighted by atomic mass is 16.5. The second-order valence-corrected chi connectivity index (χ2v) is 5.51. The van der Waals surface area contributed by atoms with E-state index in [2.05, 4.69) is 10.6 Å². The second kappa shape index (κ2) is 17.2. The molecule has 0 saturated heterocycles. The van der Waals surface area contributed by atoms with Crippen molar-refractivity contribution in [2.75, 3.05) is 39.4 Å². The van der Waals surface area contributed by atoms with E-state index >= 15 is 0 Å². The zero-order valence-electron chi connectivity index (χ0n) is 14.3. The Balaban J connectivity index is 3.26.